The van der Waals surface area contributed by atoms with Gasteiger partial charge in [0.15, 0.2) is 0 Å². The molecule has 0 unspecified atom stereocenters. The van der Waals surface area contributed by atoms with Crippen LogP contribution in [0, 0.1) is 6.92 Å². The maximum absolute atomic E-state index is 12.0. The van der Waals surface area contributed by atoms with E-state index < -0.39 is 0 Å². The van der Waals surface area contributed by atoms with Crippen molar-refractivity contribution in [3.8, 4) is 5.75 Å². The Morgan fingerprint density at radius 1 is 1.39 bits per heavy atom. The molecule has 2 aromatic rings. The molecule has 0 saturated carbocycles. The third kappa shape index (κ3) is 4.99. The molecule has 0 saturated heterocycles. The summed E-state index contributed by atoms with van der Waals surface area (Å²) in [6.07, 6.45) is 2.72. The van der Waals surface area contributed by atoms with Crippen LogP contribution in [0.2, 0.25) is 5.02 Å². The minimum absolute atomic E-state index is 0.0386. The van der Waals surface area contributed by atoms with Gasteiger partial charge in [0, 0.05) is 23.6 Å². The summed E-state index contributed by atoms with van der Waals surface area (Å²) in [5.41, 5.74) is 0.976. The Kier molecular flexibility index (Phi) is 6.04. The van der Waals surface area contributed by atoms with Crippen LogP contribution in [0.5, 0.6) is 5.75 Å². The van der Waals surface area contributed by atoms with Crippen LogP contribution in [0.3, 0.4) is 0 Å². The van der Waals surface area contributed by atoms with Crippen molar-refractivity contribution < 1.29 is 9.53 Å². The van der Waals surface area contributed by atoms with Crippen LogP contribution in [0.4, 0.5) is 5.82 Å². The fourth-order valence-electron chi connectivity index (χ4n) is 2.16. The molecule has 1 aromatic heterocycles. The molecular weight excluding hydrogens is 314 g/mol. The summed E-state index contributed by atoms with van der Waals surface area (Å²) >= 11 is 5.97. The number of hydrogen-bond donors (Lipinski definition) is 1. The number of hydrogen-bond acceptors (Lipinski definition) is 3. The Balaban J connectivity index is 1.74. The summed E-state index contributed by atoms with van der Waals surface area (Å²) in [5.74, 6) is 1.45. The average Bonchev–Trinajstić information content (AvgIpc) is 2.95. The van der Waals surface area contributed by atoms with Crippen LogP contribution in [0.15, 0.2) is 30.5 Å². The van der Waals surface area contributed by atoms with Crippen molar-refractivity contribution >= 4 is 23.3 Å². The SMILES string of the molecule is Cc1cc(OCCCC(=O)Nc2ccnn2C(C)C)ccc1Cl. The van der Waals surface area contributed by atoms with Gasteiger partial charge in [-0.15, -0.1) is 0 Å². The van der Waals surface area contributed by atoms with E-state index in [0.29, 0.717) is 19.4 Å². The third-order valence-corrected chi connectivity index (χ3v) is 3.80. The van der Waals surface area contributed by atoms with Gasteiger partial charge in [-0.1, -0.05) is 11.6 Å². The number of ether oxygens (including phenoxy) is 1. The van der Waals surface area contributed by atoms with Crippen LogP contribution in [-0.4, -0.2) is 22.3 Å². The predicted octanol–water partition coefficient (Wildman–Crippen LogP) is 4.22. The Labute approximate surface area is 141 Å². The van der Waals surface area contributed by atoms with E-state index >= 15 is 0 Å². The Morgan fingerprint density at radius 3 is 2.87 bits per heavy atom. The van der Waals surface area contributed by atoms with Crippen molar-refractivity contribution in [2.75, 3.05) is 11.9 Å². The first kappa shape index (κ1) is 17.3. The van der Waals surface area contributed by atoms with Crippen molar-refractivity contribution in [2.45, 2.75) is 39.7 Å². The number of halogens is 1. The normalized spacial score (nSPS) is 10.8. The van der Waals surface area contributed by atoms with Crippen molar-refractivity contribution in [2.24, 2.45) is 0 Å². The number of nitrogens with zero attached hydrogens (tertiary/aromatic N) is 2. The number of anilines is 1. The van der Waals surface area contributed by atoms with E-state index in [9.17, 15) is 4.79 Å². The maximum atomic E-state index is 12.0. The van der Waals surface area contributed by atoms with E-state index in [2.05, 4.69) is 10.4 Å². The standard InChI is InChI=1S/C17H22ClN3O2/c1-12(2)21-16(8-9-19-21)20-17(22)5-4-10-23-14-6-7-15(18)13(3)11-14/h6-9,11-12H,4-5,10H2,1-3H3,(H,20,22). The minimum atomic E-state index is -0.0386. The van der Waals surface area contributed by atoms with Gasteiger partial charge in [-0.2, -0.15) is 5.10 Å². The zero-order valence-electron chi connectivity index (χ0n) is 13.7. The molecule has 1 aromatic carbocycles. The highest BCUT2D eigenvalue weighted by atomic mass is 35.5. The number of benzene rings is 1. The second-order valence-electron chi connectivity index (χ2n) is 5.67. The quantitative estimate of drug-likeness (QED) is 0.770. The van der Waals surface area contributed by atoms with Gasteiger partial charge >= 0.3 is 0 Å². The van der Waals surface area contributed by atoms with E-state index in [1.165, 1.54) is 0 Å². The average molecular weight is 336 g/mol. The summed E-state index contributed by atoms with van der Waals surface area (Å²) in [7, 11) is 0. The van der Waals surface area contributed by atoms with Gasteiger partial charge in [0.05, 0.1) is 12.8 Å². The zero-order chi connectivity index (χ0) is 16.8. The molecule has 0 atom stereocenters. The fourth-order valence-corrected chi connectivity index (χ4v) is 2.28. The molecule has 0 radical (unpaired) electrons. The molecule has 6 heteroatoms. The van der Waals surface area contributed by atoms with Gasteiger partial charge in [0.2, 0.25) is 5.91 Å². The lowest BCUT2D eigenvalue weighted by Crippen LogP contribution is -2.17. The Hall–Kier alpha value is -2.01. The largest absolute Gasteiger partial charge is 0.494 e. The third-order valence-electron chi connectivity index (χ3n) is 3.37. The fraction of sp³-hybridized carbons (Fsp3) is 0.412. The van der Waals surface area contributed by atoms with Crippen molar-refractivity contribution in [3.63, 3.8) is 0 Å². The van der Waals surface area contributed by atoms with Gasteiger partial charge in [-0.25, -0.2) is 4.68 Å². The molecule has 1 heterocycles. The van der Waals surface area contributed by atoms with Crippen LogP contribution in [0.1, 0.15) is 38.3 Å². The highest BCUT2D eigenvalue weighted by molar-refractivity contribution is 6.31. The molecule has 2 rings (SSSR count). The summed E-state index contributed by atoms with van der Waals surface area (Å²) in [4.78, 5) is 12.0. The molecule has 5 nitrogen and oxygen atoms in total. The lowest BCUT2D eigenvalue weighted by molar-refractivity contribution is -0.116. The number of aryl methyl sites for hydroxylation is 1. The first-order chi connectivity index (χ1) is 11.0. The molecule has 0 bridgehead atoms. The topological polar surface area (TPSA) is 56.1 Å². The molecule has 0 aliphatic carbocycles. The molecule has 0 aliphatic rings. The van der Waals surface area contributed by atoms with E-state index in [0.717, 1.165) is 22.2 Å². The second kappa shape index (κ2) is 8.02. The van der Waals surface area contributed by atoms with Crippen molar-refractivity contribution in [1.82, 2.24) is 9.78 Å². The number of aromatic nitrogens is 2. The maximum Gasteiger partial charge on any atom is 0.225 e. The molecule has 23 heavy (non-hydrogen) atoms. The number of amides is 1. The van der Waals surface area contributed by atoms with Gasteiger partial charge in [-0.3, -0.25) is 4.79 Å². The molecular formula is C17H22ClN3O2. The summed E-state index contributed by atoms with van der Waals surface area (Å²) < 4.78 is 7.42. The van der Waals surface area contributed by atoms with Crippen molar-refractivity contribution in [3.05, 3.63) is 41.0 Å². The van der Waals surface area contributed by atoms with Gasteiger partial charge in [0.1, 0.15) is 11.6 Å². The highest BCUT2D eigenvalue weighted by Gasteiger charge is 2.09. The predicted molar refractivity (Wildman–Crippen MR) is 92.2 cm³/mol. The number of rotatable bonds is 7. The van der Waals surface area contributed by atoms with Crippen LogP contribution in [-0.2, 0) is 4.79 Å². The molecule has 0 spiro atoms. The van der Waals surface area contributed by atoms with E-state index in [4.69, 9.17) is 16.3 Å². The Morgan fingerprint density at radius 2 is 2.17 bits per heavy atom. The highest BCUT2D eigenvalue weighted by Crippen LogP contribution is 2.21. The lowest BCUT2D eigenvalue weighted by Gasteiger charge is -2.12. The van der Waals surface area contributed by atoms with E-state index in [1.54, 1.807) is 16.9 Å². The minimum Gasteiger partial charge on any atom is -0.494 e. The second-order valence-corrected chi connectivity index (χ2v) is 6.07. The zero-order valence-corrected chi connectivity index (χ0v) is 14.4. The van der Waals surface area contributed by atoms with Gasteiger partial charge < -0.3 is 10.1 Å². The number of carbonyl (C=O) groups excluding carboxylic acids is 1. The van der Waals surface area contributed by atoms with Crippen LogP contribution >= 0.6 is 11.6 Å². The monoisotopic (exact) mass is 335 g/mol. The lowest BCUT2D eigenvalue weighted by atomic mass is 10.2. The first-order valence-corrected chi connectivity index (χ1v) is 8.07. The number of carbonyl (C=O) groups is 1. The smallest absolute Gasteiger partial charge is 0.225 e. The molecule has 1 amide bonds. The molecule has 124 valence electrons. The van der Waals surface area contributed by atoms with Crippen molar-refractivity contribution in [1.29, 1.82) is 0 Å². The Bertz CT molecular complexity index is 668. The van der Waals surface area contributed by atoms with Crippen LogP contribution in [0.25, 0.3) is 0 Å². The molecule has 0 aliphatic heterocycles. The number of nitrogens with one attached hydrogen (secondary N) is 1. The van der Waals surface area contributed by atoms with E-state index in [-0.39, 0.29) is 11.9 Å². The first-order valence-electron chi connectivity index (χ1n) is 7.69. The van der Waals surface area contributed by atoms with E-state index in [1.807, 2.05) is 39.0 Å². The van der Waals surface area contributed by atoms with Crippen LogP contribution < -0.4 is 10.1 Å². The molecule has 1 N–H and O–H groups in total. The summed E-state index contributed by atoms with van der Waals surface area (Å²) in [6.45, 7) is 6.45. The van der Waals surface area contributed by atoms with Gasteiger partial charge in [-0.05, 0) is 51.0 Å². The summed E-state index contributed by atoms with van der Waals surface area (Å²) in [5, 5.41) is 7.78. The van der Waals surface area contributed by atoms with Gasteiger partial charge in [0.25, 0.3) is 0 Å². The molecule has 0 fully saturated rings. The summed E-state index contributed by atoms with van der Waals surface area (Å²) in [6, 6.07) is 7.54.